The topological polar surface area (TPSA) is 80.5 Å². The van der Waals surface area contributed by atoms with E-state index in [-0.39, 0.29) is 17.7 Å². The van der Waals surface area contributed by atoms with E-state index in [4.69, 9.17) is 9.26 Å². The van der Waals surface area contributed by atoms with Crippen molar-refractivity contribution in [2.75, 3.05) is 7.11 Å². The molecule has 2 heterocycles. The number of ether oxygens (including phenoxy) is 1. The average Bonchev–Trinajstić information content (AvgIpc) is 3.37. The quantitative estimate of drug-likeness (QED) is 0.369. The highest BCUT2D eigenvalue weighted by molar-refractivity contribution is 5.86. The number of aryl methyl sites for hydroxylation is 1. The summed E-state index contributed by atoms with van der Waals surface area (Å²) in [6, 6.07) is 20.5. The van der Waals surface area contributed by atoms with Crippen LogP contribution in [0.15, 0.2) is 83.0 Å². The van der Waals surface area contributed by atoms with E-state index in [1.165, 1.54) is 12.1 Å². The van der Waals surface area contributed by atoms with Gasteiger partial charge in [-0.1, -0.05) is 59.3 Å². The molecule has 0 radical (unpaired) electrons. The molecular weight excluding hydrogens is 459 g/mol. The summed E-state index contributed by atoms with van der Waals surface area (Å²) in [5.41, 5.74) is 4.89. The number of nitrogens with one attached hydrogen (secondary N) is 1. The van der Waals surface area contributed by atoms with E-state index in [2.05, 4.69) is 15.5 Å². The van der Waals surface area contributed by atoms with Gasteiger partial charge >= 0.3 is 6.03 Å². The molecule has 1 aliphatic rings. The summed E-state index contributed by atoms with van der Waals surface area (Å²) in [4.78, 5) is 19.5. The molecule has 0 saturated heterocycles. The molecule has 1 N–H and O–H groups in total. The number of halogens is 1. The Morgan fingerprint density at radius 3 is 2.53 bits per heavy atom. The van der Waals surface area contributed by atoms with Gasteiger partial charge in [0.15, 0.2) is 0 Å². The summed E-state index contributed by atoms with van der Waals surface area (Å²) in [6.07, 6.45) is 0. The van der Waals surface area contributed by atoms with Crippen LogP contribution in [0, 0.1) is 12.7 Å². The smallest absolute Gasteiger partial charge is 0.322 e. The van der Waals surface area contributed by atoms with Crippen LogP contribution in [0.3, 0.4) is 0 Å². The molecule has 1 aliphatic heterocycles. The van der Waals surface area contributed by atoms with Crippen LogP contribution in [-0.4, -0.2) is 28.2 Å². The maximum atomic E-state index is 13.7. The molecule has 0 saturated carbocycles. The predicted molar refractivity (Wildman–Crippen MR) is 133 cm³/mol. The average molecular weight is 485 g/mol. The Hall–Kier alpha value is -4.46. The maximum absolute atomic E-state index is 13.7. The number of benzene rings is 3. The minimum atomic E-state index is -0.592. The lowest BCUT2D eigenvalue weighted by Gasteiger charge is -2.35. The van der Waals surface area contributed by atoms with E-state index >= 15 is 0 Å². The Kier molecular flexibility index (Phi) is 6.25. The van der Waals surface area contributed by atoms with Gasteiger partial charge in [-0.2, -0.15) is 4.98 Å². The molecule has 5 rings (SSSR count). The lowest BCUT2D eigenvalue weighted by atomic mass is 9.94. The third kappa shape index (κ3) is 4.57. The number of amides is 2. The number of hydrogen-bond donors (Lipinski definition) is 1. The van der Waals surface area contributed by atoms with Crippen molar-refractivity contribution in [3.63, 3.8) is 0 Å². The number of aromatic nitrogens is 2. The number of rotatable bonds is 6. The van der Waals surface area contributed by atoms with Crippen LogP contribution >= 0.6 is 0 Å². The molecule has 1 aromatic heterocycles. The molecular formula is C28H25FN4O3. The molecule has 1 unspecified atom stereocenters. The van der Waals surface area contributed by atoms with Gasteiger partial charge in [-0.3, -0.25) is 4.90 Å². The third-order valence-corrected chi connectivity index (χ3v) is 6.25. The van der Waals surface area contributed by atoms with Gasteiger partial charge in [0, 0.05) is 11.3 Å². The Morgan fingerprint density at radius 2 is 1.81 bits per heavy atom. The van der Waals surface area contributed by atoms with Gasteiger partial charge in [0.25, 0.3) is 5.89 Å². The second-order valence-corrected chi connectivity index (χ2v) is 8.66. The monoisotopic (exact) mass is 484 g/mol. The Labute approximate surface area is 208 Å². The zero-order valence-electron chi connectivity index (χ0n) is 20.2. The molecule has 0 fully saturated rings. The van der Waals surface area contributed by atoms with Crippen LogP contribution in [-0.2, 0) is 6.54 Å². The van der Waals surface area contributed by atoms with Crippen molar-refractivity contribution >= 4 is 11.6 Å². The third-order valence-electron chi connectivity index (χ3n) is 6.25. The summed E-state index contributed by atoms with van der Waals surface area (Å²) in [5, 5.41) is 7.22. The second-order valence-electron chi connectivity index (χ2n) is 8.66. The first-order chi connectivity index (χ1) is 17.4. The number of methoxy groups -OCH3 is 1. The highest BCUT2D eigenvalue weighted by Gasteiger charge is 2.35. The minimum absolute atomic E-state index is 0.265. The van der Waals surface area contributed by atoms with Gasteiger partial charge in [-0.15, -0.1) is 0 Å². The van der Waals surface area contributed by atoms with E-state index < -0.39 is 6.04 Å². The van der Waals surface area contributed by atoms with E-state index in [9.17, 15) is 9.18 Å². The lowest BCUT2D eigenvalue weighted by molar-refractivity contribution is 0.203. The molecule has 8 heteroatoms. The molecule has 182 valence electrons. The van der Waals surface area contributed by atoms with E-state index in [0.717, 1.165) is 16.7 Å². The molecule has 7 nitrogen and oxygen atoms in total. The van der Waals surface area contributed by atoms with Crippen molar-refractivity contribution in [1.29, 1.82) is 0 Å². The molecule has 1 atom stereocenters. The van der Waals surface area contributed by atoms with Crippen LogP contribution in [0.5, 0.6) is 5.75 Å². The Balaban J connectivity index is 1.58. The standard InChI is InChI=1S/C28H25FN4O3/c1-17-7-9-19(10-8-17)16-33-18(2)24(25(30-28(33)34)20-11-13-22(29)14-12-20)27-31-26(32-36-27)21-5-4-6-23(15-21)35-3/h4-15,25H,16H2,1-3H3,(H,30,34). The lowest BCUT2D eigenvalue weighted by Crippen LogP contribution is -2.45. The van der Waals surface area contributed by atoms with E-state index in [0.29, 0.717) is 35.0 Å². The number of urea groups is 1. The Bertz CT molecular complexity index is 1430. The first-order valence-electron chi connectivity index (χ1n) is 11.5. The zero-order chi connectivity index (χ0) is 25.2. The highest BCUT2D eigenvalue weighted by Crippen LogP contribution is 2.38. The summed E-state index contributed by atoms with van der Waals surface area (Å²) >= 11 is 0. The number of nitrogens with zero attached hydrogens (tertiary/aromatic N) is 3. The fourth-order valence-corrected chi connectivity index (χ4v) is 4.24. The van der Waals surface area contributed by atoms with Crippen LogP contribution < -0.4 is 10.1 Å². The summed E-state index contributed by atoms with van der Waals surface area (Å²) < 4.78 is 24.7. The number of hydrogen-bond acceptors (Lipinski definition) is 5. The van der Waals surface area contributed by atoms with Crippen molar-refractivity contribution in [1.82, 2.24) is 20.4 Å². The predicted octanol–water partition coefficient (Wildman–Crippen LogP) is 5.89. The van der Waals surface area contributed by atoms with Crippen LogP contribution in [0.4, 0.5) is 9.18 Å². The molecule has 0 spiro atoms. The first-order valence-corrected chi connectivity index (χ1v) is 11.5. The molecule has 0 bridgehead atoms. The van der Waals surface area contributed by atoms with Crippen LogP contribution in [0.1, 0.15) is 35.5 Å². The Morgan fingerprint density at radius 1 is 1.06 bits per heavy atom. The van der Waals surface area contributed by atoms with Crippen molar-refractivity contribution in [2.24, 2.45) is 0 Å². The molecule has 4 aromatic rings. The van der Waals surface area contributed by atoms with Crippen molar-refractivity contribution in [3.8, 4) is 17.1 Å². The maximum Gasteiger partial charge on any atom is 0.322 e. The van der Waals surface area contributed by atoms with Crippen molar-refractivity contribution in [2.45, 2.75) is 26.4 Å². The molecule has 0 aliphatic carbocycles. The second kappa shape index (κ2) is 9.65. The number of carbonyl (C=O) groups excluding carboxylic acids is 1. The minimum Gasteiger partial charge on any atom is -0.497 e. The SMILES string of the molecule is COc1cccc(-c2noc(C3=C(C)N(Cc4ccc(C)cc4)C(=O)NC3c3ccc(F)cc3)n2)c1. The fourth-order valence-electron chi connectivity index (χ4n) is 4.24. The summed E-state index contributed by atoms with van der Waals surface area (Å²) in [5.74, 6) is 0.979. The van der Waals surface area contributed by atoms with E-state index in [1.54, 1.807) is 24.1 Å². The number of allylic oxidation sites excluding steroid dienone is 1. The largest absolute Gasteiger partial charge is 0.497 e. The van der Waals surface area contributed by atoms with Gasteiger partial charge < -0.3 is 14.6 Å². The normalized spacial score (nSPS) is 15.7. The van der Waals surface area contributed by atoms with Crippen LogP contribution in [0.25, 0.3) is 17.0 Å². The van der Waals surface area contributed by atoms with Crippen LogP contribution in [0.2, 0.25) is 0 Å². The molecule has 2 amide bonds. The van der Waals surface area contributed by atoms with Gasteiger partial charge in [0.05, 0.1) is 25.3 Å². The van der Waals surface area contributed by atoms with Gasteiger partial charge in [-0.25, -0.2) is 9.18 Å². The number of carbonyl (C=O) groups is 1. The first kappa shape index (κ1) is 23.3. The molecule has 36 heavy (non-hydrogen) atoms. The van der Waals surface area contributed by atoms with Gasteiger partial charge in [-0.05, 0) is 49.2 Å². The zero-order valence-corrected chi connectivity index (χ0v) is 20.2. The summed E-state index contributed by atoms with van der Waals surface area (Å²) in [6.45, 7) is 4.24. The summed E-state index contributed by atoms with van der Waals surface area (Å²) in [7, 11) is 1.59. The molecule has 3 aromatic carbocycles. The highest BCUT2D eigenvalue weighted by atomic mass is 19.1. The van der Waals surface area contributed by atoms with E-state index in [1.807, 2.05) is 62.4 Å². The fraction of sp³-hybridized carbons (Fsp3) is 0.179. The van der Waals surface area contributed by atoms with Gasteiger partial charge in [0.1, 0.15) is 11.6 Å². The van der Waals surface area contributed by atoms with Crippen molar-refractivity contribution < 1.29 is 18.4 Å². The van der Waals surface area contributed by atoms with Crippen molar-refractivity contribution in [3.05, 3.63) is 107 Å². The van der Waals surface area contributed by atoms with Gasteiger partial charge in [0.2, 0.25) is 5.82 Å².